The Morgan fingerprint density at radius 2 is 1.50 bits per heavy atom. The number of nitrogens with two attached hydrogens (primary N) is 1. The van der Waals surface area contributed by atoms with Gasteiger partial charge < -0.3 is 5.73 Å². The average molecular weight is 143 g/mol. The molecular formula is C9H21N. The Labute approximate surface area is 65.0 Å². The molecule has 0 heterocycles. The van der Waals surface area contributed by atoms with Crippen molar-refractivity contribution < 1.29 is 0 Å². The van der Waals surface area contributed by atoms with Crippen molar-refractivity contribution >= 4 is 0 Å². The molecule has 0 bridgehead atoms. The molecule has 1 heteroatoms. The van der Waals surface area contributed by atoms with Gasteiger partial charge >= 0.3 is 0 Å². The molecular weight excluding hydrogens is 122 g/mol. The van der Waals surface area contributed by atoms with Crippen LogP contribution in [0, 0.1) is 17.8 Å². The first kappa shape index (κ1) is 9.96. The molecule has 0 aromatic carbocycles. The van der Waals surface area contributed by atoms with Crippen molar-refractivity contribution in [1.29, 1.82) is 0 Å². The normalized spacial score (nSPS) is 17.4. The monoisotopic (exact) mass is 143 g/mol. The predicted octanol–water partition coefficient (Wildman–Crippen LogP) is 2.26. The fourth-order valence-electron chi connectivity index (χ4n) is 1.21. The standard InChI is InChI=1S/C9H21N/c1-7(2)5-8(3)9(4)6-10/h7-9H,5-6,10H2,1-4H3/t8-,9?/m1/s1. The number of rotatable bonds is 4. The molecule has 2 N–H and O–H groups in total. The zero-order valence-electron chi connectivity index (χ0n) is 7.72. The lowest BCUT2D eigenvalue weighted by atomic mass is 9.88. The van der Waals surface area contributed by atoms with E-state index in [0.717, 1.165) is 18.4 Å². The van der Waals surface area contributed by atoms with Gasteiger partial charge in [-0.1, -0.05) is 27.7 Å². The van der Waals surface area contributed by atoms with E-state index in [0.29, 0.717) is 5.92 Å². The highest BCUT2D eigenvalue weighted by molar-refractivity contribution is 4.63. The minimum Gasteiger partial charge on any atom is -0.330 e. The van der Waals surface area contributed by atoms with Gasteiger partial charge in [0.15, 0.2) is 0 Å². The zero-order valence-corrected chi connectivity index (χ0v) is 7.72. The molecule has 0 aliphatic heterocycles. The van der Waals surface area contributed by atoms with Crippen LogP contribution >= 0.6 is 0 Å². The van der Waals surface area contributed by atoms with Gasteiger partial charge in [-0.3, -0.25) is 0 Å². The maximum Gasteiger partial charge on any atom is -0.00490 e. The summed E-state index contributed by atoms with van der Waals surface area (Å²) >= 11 is 0. The Kier molecular flexibility index (Phi) is 4.71. The van der Waals surface area contributed by atoms with Gasteiger partial charge in [0.2, 0.25) is 0 Å². The summed E-state index contributed by atoms with van der Waals surface area (Å²) in [5.41, 5.74) is 5.55. The first-order valence-electron chi connectivity index (χ1n) is 4.28. The van der Waals surface area contributed by atoms with Crippen molar-refractivity contribution in [2.24, 2.45) is 23.5 Å². The van der Waals surface area contributed by atoms with Crippen LogP contribution in [0.4, 0.5) is 0 Å². The lowest BCUT2D eigenvalue weighted by molar-refractivity contribution is 0.330. The molecule has 10 heavy (non-hydrogen) atoms. The fraction of sp³-hybridized carbons (Fsp3) is 1.00. The minimum absolute atomic E-state index is 0.683. The van der Waals surface area contributed by atoms with Crippen molar-refractivity contribution in [1.82, 2.24) is 0 Å². The molecule has 0 amide bonds. The highest BCUT2D eigenvalue weighted by Crippen LogP contribution is 2.18. The second-order valence-corrected chi connectivity index (χ2v) is 3.82. The van der Waals surface area contributed by atoms with Crippen LogP contribution in [0.25, 0.3) is 0 Å². The Morgan fingerprint density at radius 3 is 1.80 bits per heavy atom. The molecule has 1 unspecified atom stereocenters. The second-order valence-electron chi connectivity index (χ2n) is 3.82. The molecule has 0 spiro atoms. The topological polar surface area (TPSA) is 26.0 Å². The van der Waals surface area contributed by atoms with Crippen LogP contribution in [0.3, 0.4) is 0 Å². The van der Waals surface area contributed by atoms with Crippen LogP contribution in [0.15, 0.2) is 0 Å². The first-order chi connectivity index (χ1) is 4.57. The van der Waals surface area contributed by atoms with E-state index in [1.54, 1.807) is 0 Å². The third-order valence-corrected chi connectivity index (χ3v) is 2.19. The first-order valence-corrected chi connectivity index (χ1v) is 4.28. The summed E-state index contributed by atoms with van der Waals surface area (Å²) in [6, 6.07) is 0. The van der Waals surface area contributed by atoms with Crippen molar-refractivity contribution in [2.75, 3.05) is 6.54 Å². The van der Waals surface area contributed by atoms with Gasteiger partial charge in [0.1, 0.15) is 0 Å². The zero-order chi connectivity index (χ0) is 8.15. The van der Waals surface area contributed by atoms with Gasteiger partial charge in [-0.25, -0.2) is 0 Å². The summed E-state index contributed by atoms with van der Waals surface area (Å²) in [5.74, 6) is 2.27. The molecule has 0 aliphatic rings. The summed E-state index contributed by atoms with van der Waals surface area (Å²) in [7, 11) is 0. The Bertz CT molecular complexity index is 78.8. The molecule has 0 aromatic heterocycles. The summed E-state index contributed by atoms with van der Waals surface area (Å²) in [4.78, 5) is 0. The smallest absolute Gasteiger partial charge is 0.00490 e. The summed E-state index contributed by atoms with van der Waals surface area (Å²) in [6.45, 7) is 9.87. The van der Waals surface area contributed by atoms with E-state index in [1.807, 2.05) is 0 Å². The molecule has 0 rings (SSSR count). The molecule has 0 saturated heterocycles. The van der Waals surface area contributed by atoms with E-state index in [-0.39, 0.29) is 0 Å². The van der Waals surface area contributed by atoms with Crippen LogP contribution < -0.4 is 5.73 Å². The molecule has 62 valence electrons. The van der Waals surface area contributed by atoms with Crippen LogP contribution in [-0.4, -0.2) is 6.54 Å². The summed E-state index contributed by atoms with van der Waals surface area (Å²) < 4.78 is 0. The minimum atomic E-state index is 0.683. The lowest BCUT2D eigenvalue weighted by Gasteiger charge is -2.19. The van der Waals surface area contributed by atoms with Gasteiger partial charge in [0.05, 0.1) is 0 Å². The Morgan fingerprint density at radius 1 is 1.00 bits per heavy atom. The molecule has 0 saturated carbocycles. The Balaban J connectivity index is 3.50. The summed E-state index contributed by atoms with van der Waals surface area (Å²) in [5, 5.41) is 0. The van der Waals surface area contributed by atoms with Crippen molar-refractivity contribution in [3.05, 3.63) is 0 Å². The molecule has 0 fully saturated rings. The second kappa shape index (κ2) is 4.73. The molecule has 0 aliphatic carbocycles. The number of hydrogen-bond acceptors (Lipinski definition) is 1. The van der Waals surface area contributed by atoms with E-state index in [9.17, 15) is 0 Å². The van der Waals surface area contributed by atoms with Crippen LogP contribution in [-0.2, 0) is 0 Å². The average Bonchev–Trinajstić information content (AvgIpc) is 1.85. The lowest BCUT2D eigenvalue weighted by Crippen LogP contribution is -2.19. The van der Waals surface area contributed by atoms with Crippen molar-refractivity contribution in [3.8, 4) is 0 Å². The maximum atomic E-state index is 5.55. The predicted molar refractivity (Wildman–Crippen MR) is 46.8 cm³/mol. The van der Waals surface area contributed by atoms with Crippen molar-refractivity contribution in [3.63, 3.8) is 0 Å². The molecule has 0 radical (unpaired) electrons. The SMILES string of the molecule is CC(C)C[C@@H](C)C(C)CN. The van der Waals surface area contributed by atoms with E-state index in [2.05, 4.69) is 27.7 Å². The van der Waals surface area contributed by atoms with Gasteiger partial charge in [-0.2, -0.15) is 0 Å². The largest absolute Gasteiger partial charge is 0.330 e. The van der Waals surface area contributed by atoms with Gasteiger partial charge in [0.25, 0.3) is 0 Å². The quantitative estimate of drug-likeness (QED) is 0.642. The van der Waals surface area contributed by atoms with Crippen LogP contribution in [0.2, 0.25) is 0 Å². The highest BCUT2D eigenvalue weighted by Gasteiger charge is 2.11. The fourth-order valence-corrected chi connectivity index (χ4v) is 1.21. The van der Waals surface area contributed by atoms with Crippen LogP contribution in [0.5, 0.6) is 0 Å². The maximum absolute atomic E-state index is 5.55. The Hall–Kier alpha value is -0.0400. The van der Waals surface area contributed by atoms with E-state index >= 15 is 0 Å². The van der Waals surface area contributed by atoms with Gasteiger partial charge in [-0.15, -0.1) is 0 Å². The summed E-state index contributed by atoms with van der Waals surface area (Å²) in [6.07, 6.45) is 1.30. The molecule has 2 atom stereocenters. The van der Waals surface area contributed by atoms with Gasteiger partial charge in [-0.05, 0) is 30.7 Å². The highest BCUT2D eigenvalue weighted by atomic mass is 14.5. The number of hydrogen-bond donors (Lipinski definition) is 1. The third-order valence-electron chi connectivity index (χ3n) is 2.19. The van der Waals surface area contributed by atoms with Gasteiger partial charge in [0, 0.05) is 0 Å². The third kappa shape index (κ3) is 3.89. The molecule has 1 nitrogen and oxygen atoms in total. The van der Waals surface area contributed by atoms with Crippen molar-refractivity contribution in [2.45, 2.75) is 34.1 Å². The van der Waals surface area contributed by atoms with E-state index in [1.165, 1.54) is 6.42 Å². The van der Waals surface area contributed by atoms with E-state index in [4.69, 9.17) is 5.73 Å². The van der Waals surface area contributed by atoms with E-state index < -0.39 is 0 Å². The van der Waals surface area contributed by atoms with Crippen LogP contribution in [0.1, 0.15) is 34.1 Å². The molecule has 0 aromatic rings.